The summed E-state index contributed by atoms with van der Waals surface area (Å²) in [5, 5.41) is 21.5. The Morgan fingerprint density at radius 3 is 2.50 bits per heavy atom. The minimum Gasteiger partial charge on any atom is -0.423 e. The number of piperidine rings is 1. The molecular weight excluding hydrogens is 269 g/mol. The molecule has 5 heteroatoms. The average Bonchev–Trinajstić information content (AvgIpc) is 2.30. The van der Waals surface area contributed by atoms with Gasteiger partial charge < -0.3 is 15.4 Å². The van der Waals surface area contributed by atoms with Crippen LogP contribution in [0.25, 0.3) is 0 Å². The van der Waals surface area contributed by atoms with Crippen molar-refractivity contribution in [3.63, 3.8) is 0 Å². The molecule has 1 aromatic rings. The SMILES string of the molecule is OB(O)c1ccc(C2CCNCC2)c(Br)c1. The second-order valence-corrected chi connectivity index (χ2v) is 5.03. The van der Waals surface area contributed by atoms with Gasteiger partial charge in [-0.05, 0) is 48.9 Å². The van der Waals surface area contributed by atoms with Crippen molar-refractivity contribution in [3.05, 3.63) is 28.2 Å². The molecule has 16 heavy (non-hydrogen) atoms. The molecule has 0 bridgehead atoms. The van der Waals surface area contributed by atoms with Gasteiger partial charge in [-0.15, -0.1) is 0 Å². The van der Waals surface area contributed by atoms with Gasteiger partial charge in [0.2, 0.25) is 0 Å². The van der Waals surface area contributed by atoms with Crippen molar-refractivity contribution in [2.45, 2.75) is 18.8 Å². The van der Waals surface area contributed by atoms with Crippen LogP contribution in [-0.2, 0) is 0 Å². The van der Waals surface area contributed by atoms with E-state index in [9.17, 15) is 0 Å². The molecule has 1 saturated heterocycles. The molecule has 3 nitrogen and oxygen atoms in total. The molecule has 0 atom stereocenters. The molecular formula is C11H15BBrNO2. The fourth-order valence-corrected chi connectivity index (χ4v) is 2.89. The van der Waals surface area contributed by atoms with Crippen LogP contribution in [0.4, 0.5) is 0 Å². The fraction of sp³-hybridized carbons (Fsp3) is 0.455. The lowest BCUT2D eigenvalue weighted by atomic mass is 9.79. The minimum absolute atomic E-state index is 0.532. The summed E-state index contributed by atoms with van der Waals surface area (Å²) in [7, 11) is -1.39. The van der Waals surface area contributed by atoms with Crippen molar-refractivity contribution in [1.29, 1.82) is 0 Å². The zero-order valence-electron chi connectivity index (χ0n) is 8.99. The third kappa shape index (κ3) is 2.66. The van der Waals surface area contributed by atoms with E-state index in [1.165, 1.54) is 5.56 Å². The highest BCUT2D eigenvalue weighted by Crippen LogP contribution is 2.30. The third-order valence-corrected chi connectivity index (χ3v) is 3.79. The van der Waals surface area contributed by atoms with Gasteiger partial charge in [-0.2, -0.15) is 0 Å². The maximum Gasteiger partial charge on any atom is 0.488 e. The van der Waals surface area contributed by atoms with Crippen LogP contribution in [0.2, 0.25) is 0 Å². The molecule has 0 aliphatic carbocycles. The lowest BCUT2D eigenvalue weighted by Gasteiger charge is -2.24. The zero-order valence-corrected chi connectivity index (χ0v) is 10.6. The zero-order chi connectivity index (χ0) is 11.5. The topological polar surface area (TPSA) is 52.5 Å². The molecule has 1 aromatic carbocycles. The van der Waals surface area contributed by atoms with E-state index in [4.69, 9.17) is 10.0 Å². The van der Waals surface area contributed by atoms with Gasteiger partial charge in [0.25, 0.3) is 0 Å². The summed E-state index contributed by atoms with van der Waals surface area (Å²) in [5.74, 6) is 0.570. The summed E-state index contributed by atoms with van der Waals surface area (Å²) < 4.78 is 0.977. The average molecular weight is 284 g/mol. The predicted octanol–water partition coefficient (Wildman–Crippen LogP) is 0.596. The van der Waals surface area contributed by atoms with Crippen LogP contribution in [0.15, 0.2) is 22.7 Å². The van der Waals surface area contributed by atoms with E-state index in [1.807, 2.05) is 6.07 Å². The molecule has 0 spiro atoms. The predicted molar refractivity (Wildman–Crippen MR) is 68.8 cm³/mol. The Morgan fingerprint density at radius 2 is 1.94 bits per heavy atom. The Hall–Kier alpha value is -0.355. The molecule has 3 N–H and O–H groups in total. The molecule has 0 radical (unpaired) electrons. The van der Waals surface area contributed by atoms with E-state index in [1.54, 1.807) is 12.1 Å². The van der Waals surface area contributed by atoms with Crippen LogP contribution in [0.1, 0.15) is 24.3 Å². The number of benzene rings is 1. The summed E-state index contributed by atoms with van der Waals surface area (Å²) in [5.41, 5.74) is 1.80. The van der Waals surface area contributed by atoms with Crippen molar-refractivity contribution in [2.24, 2.45) is 0 Å². The fourth-order valence-electron chi connectivity index (χ4n) is 2.17. The molecule has 0 aromatic heterocycles. The van der Waals surface area contributed by atoms with Crippen LogP contribution in [0.3, 0.4) is 0 Å². The Labute approximate surface area is 104 Å². The lowest BCUT2D eigenvalue weighted by molar-refractivity contribution is 0.425. The van der Waals surface area contributed by atoms with Crippen LogP contribution in [0.5, 0.6) is 0 Å². The maximum atomic E-state index is 9.07. The highest BCUT2D eigenvalue weighted by molar-refractivity contribution is 9.10. The smallest absolute Gasteiger partial charge is 0.423 e. The number of hydrogen-bond acceptors (Lipinski definition) is 3. The standard InChI is InChI=1S/C11H15BBrNO2/c13-11-7-9(12(15)16)1-2-10(11)8-3-5-14-6-4-8/h1-2,7-8,14-16H,3-6H2. The van der Waals surface area contributed by atoms with Crippen LogP contribution in [-0.4, -0.2) is 30.3 Å². The number of rotatable bonds is 2. The molecule has 0 unspecified atom stereocenters. The van der Waals surface area contributed by atoms with Gasteiger partial charge >= 0.3 is 7.12 Å². The van der Waals surface area contributed by atoms with E-state index >= 15 is 0 Å². The Bertz CT molecular complexity index is 367. The lowest BCUT2D eigenvalue weighted by Crippen LogP contribution is -2.30. The summed E-state index contributed by atoms with van der Waals surface area (Å²) in [6.07, 6.45) is 2.28. The maximum absolute atomic E-state index is 9.07. The number of hydrogen-bond donors (Lipinski definition) is 3. The largest absolute Gasteiger partial charge is 0.488 e. The van der Waals surface area contributed by atoms with Gasteiger partial charge in [-0.3, -0.25) is 0 Å². The molecule has 0 saturated carbocycles. The first kappa shape index (κ1) is 12.1. The molecule has 0 amide bonds. The number of nitrogens with one attached hydrogen (secondary N) is 1. The van der Waals surface area contributed by atoms with Crippen molar-refractivity contribution < 1.29 is 10.0 Å². The molecule has 1 heterocycles. The molecule has 2 rings (SSSR count). The van der Waals surface area contributed by atoms with Crippen molar-refractivity contribution in [1.82, 2.24) is 5.32 Å². The van der Waals surface area contributed by atoms with E-state index in [0.29, 0.717) is 11.4 Å². The minimum atomic E-state index is -1.39. The van der Waals surface area contributed by atoms with E-state index in [2.05, 4.69) is 21.2 Å². The summed E-state index contributed by atoms with van der Waals surface area (Å²) in [6, 6.07) is 5.57. The van der Waals surface area contributed by atoms with Gasteiger partial charge in [0.05, 0.1) is 0 Å². The molecule has 1 aliphatic heterocycles. The Balaban J connectivity index is 2.21. The summed E-state index contributed by atoms with van der Waals surface area (Å²) >= 11 is 3.51. The van der Waals surface area contributed by atoms with E-state index in [-0.39, 0.29) is 0 Å². The van der Waals surface area contributed by atoms with Gasteiger partial charge in [-0.1, -0.05) is 28.1 Å². The van der Waals surface area contributed by atoms with E-state index < -0.39 is 7.12 Å². The van der Waals surface area contributed by atoms with Crippen LogP contribution < -0.4 is 10.8 Å². The first-order valence-electron chi connectivity index (χ1n) is 5.54. The van der Waals surface area contributed by atoms with Crippen molar-refractivity contribution in [3.8, 4) is 0 Å². The quantitative estimate of drug-likeness (QED) is 0.697. The third-order valence-electron chi connectivity index (χ3n) is 3.10. The second kappa shape index (κ2) is 5.32. The van der Waals surface area contributed by atoms with Gasteiger partial charge in [0.1, 0.15) is 0 Å². The normalized spacial score (nSPS) is 17.4. The Morgan fingerprint density at radius 1 is 1.25 bits per heavy atom. The number of halogens is 1. The van der Waals surface area contributed by atoms with Crippen molar-refractivity contribution >= 4 is 28.5 Å². The Kier molecular flexibility index (Phi) is 4.02. The summed E-state index contributed by atoms with van der Waals surface area (Å²) in [6.45, 7) is 2.11. The highest BCUT2D eigenvalue weighted by atomic mass is 79.9. The first-order chi connectivity index (χ1) is 7.68. The highest BCUT2D eigenvalue weighted by Gasteiger charge is 2.19. The van der Waals surface area contributed by atoms with Crippen LogP contribution >= 0.6 is 15.9 Å². The van der Waals surface area contributed by atoms with Gasteiger partial charge in [0, 0.05) is 4.47 Å². The monoisotopic (exact) mass is 283 g/mol. The van der Waals surface area contributed by atoms with Gasteiger partial charge in [-0.25, -0.2) is 0 Å². The first-order valence-corrected chi connectivity index (χ1v) is 6.34. The van der Waals surface area contributed by atoms with Crippen LogP contribution in [0, 0.1) is 0 Å². The molecule has 86 valence electrons. The molecule has 1 aliphatic rings. The summed E-state index contributed by atoms with van der Waals surface area (Å²) in [4.78, 5) is 0. The van der Waals surface area contributed by atoms with Crippen molar-refractivity contribution in [2.75, 3.05) is 13.1 Å². The van der Waals surface area contributed by atoms with Gasteiger partial charge in [0.15, 0.2) is 0 Å². The van der Waals surface area contributed by atoms with E-state index in [0.717, 1.165) is 30.4 Å². The molecule has 1 fully saturated rings. The second-order valence-electron chi connectivity index (χ2n) is 4.18.